The number of thiazole rings is 1. The molecule has 0 unspecified atom stereocenters. The largest absolute Gasteiger partial charge is 0.382 e. The van der Waals surface area contributed by atoms with Crippen molar-refractivity contribution in [2.24, 2.45) is 5.10 Å². The average Bonchev–Trinajstić information content (AvgIpc) is 2.63. The highest BCUT2D eigenvalue weighted by Gasteiger charge is 2.07. The maximum absolute atomic E-state index is 8.77. The van der Waals surface area contributed by atoms with Crippen molar-refractivity contribution in [2.45, 2.75) is 0 Å². The van der Waals surface area contributed by atoms with Crippen LogP contribution in [0.2, 0.25) is 0 Å². The van der Waals surface area contributed by atoms with Gasteiger partial charge in [0, 0.05) is 0 Å². The Morgan fingerprint density at radius 1 is 1.41 bits per heavy atom. The van der Waals surface area contributed by atoms with Gasteiger partial charge in [-0.3, -0.25) is 5.41 Å². The van der Waals surface area contributed by atoms with Crippen LogP contribution in [0.3, 0.4) is 0 Å². The van der Waals surface area contributed by atoms with Gasteiger partial charge in [-0.25, -0.2) is 0 Å². The molecule has 5 nitrogen and oxygen atoms in total. The smallest absolute Gasteiger partial charge is 0.206 e. The Kier molecular flexibility index (Phi) is 3.03. The molecule has 0 aliphatic rings. The van der Waals surface area contributed by atoms with E-state index in [1.165, 1.54) is 4.68 Å². The molecule has 1 aromatic heterocycles. The first-order valence-electron chi connectivity index (χ1n) is 4.78. The molecule has 84 valence electrons. The van der Waals surface area contributed by atoms with Gasteiger partial charge in [-0.2, -0.15) is 15.0 Å². The first-order valence-corrected chi connectivity index (χ1v) is 5.59. The zero-order valence-corrected chi connectivity index (χ0v) is 9.61. The van der Waals surface area contributed by atoms with Gasteiger partial charge in [0.1, 0.15) is 6.07 Å². The Hall–Kier alpha value is -2.39. The lowest BCUT2D eigenvalue weighted by molar-refractivity contribution is 0.842. The topological polar surface area (TPSA) is 91.0 Å². The van der Waals surface area contributed by atoms with E-state index in [0.29, 0.717) is 4.88 Å². The molecule has 0 atom stereocenters. The van der Waals surface area contributed by atoms with Crippen molar-refractivity contribution in [1.82, 2.24) is 4.68 Å². The van der Waals surface area contributed by atoms with Gasteiger partial charge in [0.2, 0.25) is 4.80 Å². The molecule has 17 heavy (non-hydrogen) atoms. The minimum atomic E-state index is 0.131. The van der Waals surface area contributed by atoms with Crippen LogP contribution < -0.4 is 10.5 Å². The van der Waals surface area contributed by atoms with E-state index in [4.69, 9.17) is 16.4 Å². The molecule has 2 rings (SSSR count). The van der Waals surface area contributed by atoms with Crippen LogP contribution in [0.15, 0.2) is 35.4 Å². The predicted molar refractivity (Wildman–Crippen MR) is 66.7 cm³/mol. The number of nitrogen functional groups attached to an aromatic ring is 1. The maximum atomic E-state index is 8.77. The molecule has 1 aromatic carbocycles. The van der Waals surface area contributed by atoms with Gasteiger partial charge < -0.3 is 5.73 Å². The summed E-state index contributed by atoms with van der Waals surface area (Å²) in [6.45, 7) is 0. The van der Waals surface area contributed by atoms with Gasteiger partial charge in [0.15, 0.2) is 10.7 Å². The van der Waals surface area contributed by atoms with E-state index >= 15 is 0 Å². The van der Waals surface area contributed by atoms with Crippen LogP contribution in [0.1, 0.15) is 10.4 Å². The number of aromatic nitrogens is 1. The zero-order chi connectivity index (χ0) is 12.3. The predicted octanol–water partition coefficient (Wildman–Crippen LogP) is 1.37. The molecule has 0 amide bonds. The summed E-state index contributed by atoms with van der Waals surface area (Å²) in [5.74, 6) is 0.203. The molecule has 0 saturated carbocycles. The highest BCUT2D eigenvalue weighted by atomic mass is 32.1. The van der Waals surface area contributed by atoms with Crippen LogP contribution in [0.5, 0.6) is 0 Å². The van der Waals surface area contributed by atoms with Gasteiger partial charge in [-0.15, -0.1) is 0 Å². The number of nitriles is 1. The first-order chi connectivity index (χ1) is 8.22. The fourth-order valence-electron chi connectivity index (χ4n) is 1.26. The second kappa shape index (κ2) is 4.63. The van der Waals surface area contributed by atoms with Crippen LogP contribution in [-0.2, 0) is 0 Å². The van der Waals surface area contributed by atoms with Crippen LogP contribution in [0, 0.1) is 16.7 Å². The van der Waals surface area contributed by atoms with Crippen molar-refractivity contribution >= 4 is 23.4 Å². The number of rotatable bonds is 2. The number of hydrogen-bond donors (Lipinski definition) is 2. The third-order valence-corrected chi connectivity index (χ3v) is 2.95. The molecule has 0 bridgehead atoms. The second-order valence-corrected chi connectivity index (χ2v) is 4.20. The summed E-state index contributed by atoms with van der Waals surface area (Å²) in [4.78, 5) is 0.437. The Balaban J connectivity index is 2.38. The molecular weight excluding hydrogens is 234 g/mol. The second-order valence-electron chi connectivity index (χ2n) is 3.20. The van der Waals surface area contributed by atoms with Crippen LogP contribution >= 0.6 is 11.3 Å². The van der Waals surface area contributed by atoms with Crippen molar-refractivity contribution in [3.05, 3.63) is 45.6 Å². The van der Waals surface area contributed by atoms with E-state index < -0.39 is 0 Å². The molecule has 0 aliphatic carbocycles. The van der Waals surface area contributed by atoms with E-state index in [9.17, 15) is 0 Å². The summed E-state index contributed by atoms with van der Waals surface area (Å²) in [7, 11) is 0. The first kappa shape index (κ1) is 11.1. The summed E-state index contributed by atoms with van der Waals surface area (Å²) in [6.07, 6.45) is 1.60. The molecule has 0 saturated heterocycles. The number of nitrogens with two attached hydrogens (primary N) is 1. The molecule has 0 fully saturated rings. The van der Waals surface area contributed by atoms with E-state index in [1.807, 2.05) is 36.4 Å². The van der Waals surface area contributed by atoms with Crippen molar-refractivity contribution in [3.63, 3.8) is 0 Å². The molecule has 1 heterocycles. The highest BCUT2D eigenvalue weighted by Crippen LogP contribution is 2.12. The normalized spacial score (nSPS) is 10.5. The van der Waals surface area contributed by atoms with Gasteiger partial charge in [0.25, 0.3) is 0 Å². The molecule has 3 N–H and O–H groups in total. The lowest BCUT2D eigenvalue weighted by Crippen LogP contribution is -2.11. The van der Waals surface area contributed by atoms with Crippen molar-refractivity contribution in [2.75, 3.05) is 5.73 Å². The average molecular weight is 243 g/mol. The third kappa shape index (κ3) is 2.24. The van der Waals surface area contributed by atoms with E-state index in [0.717, 1.165) is 16.9 Å². The number of nitrogens with zero attached hydrogens (tertiary/aromatic N) is 3. The Morgan fingerprint density at radius 2 is 2.12 bits per heavy atom. The SMILES string of the molecule is N#Cc1sc(=N)n(/N=C/c2ccccc2)c1N. The molecule has 2 aromatic rings. The number of anilines is 1. The van der Waals surface area contributed by atoms with E-state index in [1.54, 1.807) is 6.21 Å². The monoisotopic (exact) mass is 243 g/mol. The van der Waals surface area contributed by atoms with Gasteiger partial charge in [-0.05, 0) is 5.56 Å². The van der Waals surface area contributed by atoms with Crippen molar-refractivity contribution in [3.8, 4) is 6.07 Å². The van der Waals surface area contributed by atoms with Crippen LogP contribution in [-0.4, -0.2) is 10.9 Å². The fourth-order valence-corrected chi connectivity index (χ4v) is 1.92. The van der Waals surface area contributed by atoms with Gasteiger partial charge in [-0.1, -0.05) is 41.7 Å². The van der Waals surface area contributed by atoms with Crippen molar-refractivity contribution in [1.29, 1.82) is 10.7 Å². The Bertz CT molecular complexity index is 645. The van der Waals surface area contributed by atoms with Gasteiger partial charge >= 0.3 is 0 Å². The number of hydrogen-bond acceptors (Lipinski definition) is 5. The summed E-state index contributed by atoms with van der Waals surface area (Å²) in [5.41, 5.74) is 6.60. The van der Waals surface area contributed by atoms with Crippen molar-refractivity contribution < 1.29 is 0 Å². The van der Waals surface area contributed by atoms with Crippen LogP contribution in [0.4, 0.5) is 5.82 Å². The number of nitrogens with one attached hydrogen (secondary N) is 1. The number of benzene rings is 1. The third-order valence-electron chi connectivity index (χ3n) is 2.08. The minimum absolute atomic E-state index is 0.131. The van der Waals surface area contributed by atoms with Gasteiger partial charge in [0.05, 0.1) is 6.21 Å². The molecule has 6 heteroatoms. The summed E-state index contributed by atoms with van der Waals surface area (Å²) in [5, 5.41) is 20.5. The fraction of sp³-hybridized carbons (Fsp3) is 0. The summed E-state index contributed by atoms with van der Waals surface area (Å²) in [6, 6.07) is 11.4. The lowest BCUT2D eigenvalue weighted by atomic mass is 10.2. The quantitative estimate of drug-likeness (QED) is 0.780. The zero-order valence-electron chi connectivity index (χ0n) is 8.79. The maximum Gasteiger partial charge on any atom is 0.206 e. The highest BCUT2D eigenvalue weighted by molar-refractivity contribution is 7.10. The Morgan fingerprint density at radius 3 is 2.71 bits per heavy atom. The van der Waals surface area contributed by atoms with Crippen LogP contribution in [0.25, 0.3) is 0 Å². The van der Waals surface area contributed by atoms with E-state index in [2.05, 4.69) is 5.10 Å². The lowest BCUT2D eigenvalue weighted by Gasteiger charge is -1.96. The summed E-state index contributed by atoms with van der Waals surface area (Å²) < 4.78 is 1.25. The molecule has 0 spiro atoms. The Labute approximate surface area is 102 Å². The minimum Gasteiger partial charge on any atom is -0.382 e. The summed E-state index contributed by atoms with van der Waals surface area (Å²) >= 11 is 1.01. The van der Waals surface area contributed by atoms with E-state index in [-0.39, 0.29) is 10.6 Å². The molecular formula is C11H9N5S. The standard InChI is InChI=1S/C11H9N5S/c12-6-9-10(13)16(11(14)17-9)15-7-8-4-2-1-3-5-8/h1-5,7,14H,13H2/b14-11?,15-7+. The molecule has 0 aliphatic heterocycles. The molecule has 0 radical (unpaired) electrons.